The monoisotopic (exact) mass is 612 g/mol. The lowest BCUT2D eigenvalue weighted by molar-refractivity contribution is -0.427. The minimum atomic E-state index is -7.96. The molecule has 0 bridgehead atoms. The van der Waals surface area contributed by atoms with Crippen LogP contribution in [0, 0.1) is 0 Å². The molecule has 0 heterocycles. The van der Waals surface area contributed by atoms with Crippen LogP contribution in [0.2, 0.25) is 0 Å². The second-order valence-corrected chi connectivity index (χ2v) is 7.66. The lowest BCUT2D eigenvalue weighted by Crippen LogP contribution is -2.71. The summed E-state index contributed by atoms with van der Waals surface area (Å²) >= 11 is 0. The van der Waals surface area contributed by atoms with Crippen molar-refractivity contribution < 1.29 is 86.4 Å². The quantitative estimate of drug-likeness (QED) is 0.112. The Balaban J connectivity index is 6.42. The highest BCUT2D eigenvalue weighted by molar-refractivity contribution is 5.82. The summed E-state index contributed by atoms with van der Waals surface area (Å²) in [5, 5.41) is 8.83. The molecule has 0 rings (SSSR count). The summed E-state index contributed by atoms with van der Waals surface area (Å²) in [4.78, 5) is 33.3. The van der Waals surface area contributed by atoms with Crippen molar-refractivity contribution in [3.8, 4) is 0 Å². The zero-order valence-electron chi connectivity index (χ0n) is 19.8. The van der Waals surface area contributed by atoms with Crippen molar-refractivity contribution in [3.63, 3.8) is 0 Å². The van der Waals surface area contributed by atoms with Crippen LogP contribution in [0.3, 0.4) is 0 Å². The highest BCUT2D eigenvalue weighted by Gasteiger charge is 2.90. The van der Waals surface area contributed by atoms with Crippen molar-refractivity contribution in [1.29, 1.82) is 0 Å². The summed E-state index contributed by atoms with van der Waals surface area (Å²) in [5.74, 6) is -48.9. The molecule has 0 radical (unpaired) electrons. The van der Waals surface area contributed by atoms with Gasteiger partial charge in [0.2, 0.25) is 0 Å². The van der Waals surface area contributed by atoms with Gasteiger partial charge in [0.15, 0.2) is 0 Å². The SMILES string of the molecule is C=CC(=O)OCC(CC(F)(F)C(F)(F)C(F)(F)C(F)(F)C(F)(F)C(F)(F)CC(CO)OC(=O)C=C)OC(=O)C=C. The van der Waals surface area contributed by atoms with Gasteiger partial charge in [0.05, 0.1) is 19.4 Å². The maximum Gasteiger partial charge on any atom is 0.384 e. The van der Waals surface area contributed by atoms with Gasteiger partial charge in [-0.2, -0.15) is 52.7 Å². The first-order valence-corrected chi connectivity index (χ1v) is 10.2. The van der Waals surface area contributed by atoms with Gasteiger partial charge < -0.3 is 19.3 Å². The van der Waals surface area contributed by atoms with E-state index in [1.807, 2.05) is 0 Å². The molecule has 0 aromatic heterocycles. The Morgan fingerprint density at radius 3 is 1.25 bits per heavy atom. The van der Waals surface area contributed by atoms with Crippen molar-refractivity contribution in [2.75, 3.05) is 13.2 Å². The maximum absolute atomic E-state index is 14.3. The molecule has 40 heavy (non-hydrogen) atoms. The number of halogens is 12. The second kappa shape index (κ2) is 12.9. The van der Waals surface area contributed by atoms with Gasteiger partial charge in [0.25, 0.3) is 0 Å². The zero-order chi connectivity index (χ0) is 32.0. The molecular weight excluding hydrogens is 592 g/mol. The van der Waals surface area contributed by atoms with E-state index in [4.69, 9.17) is 5.11 Å². The van der Waals surface area contributed by atoms with Crippen molar-refractivity contribution in [2.45, 2.75) is 60.6 Å². The Kier molecular flexibility index (Phi) is 11.9. The van der Waals surface area contributed by atoms with Gasteiger partial charge in [0, 0.05) is 18.2 Å². The first kappa shape index (κ1) is 36.8. The minimum Gasteiger partial charge on any atom is -0.459 e. The van der Waals surface area contributed by atoms with E-state index in [0.29, 0.717) is 6.08 Å². The number of aliphatic hydroxyl groups is 1. The molecule has 2 unspecified atom stereocenters. The third-order valence-corrected chi connectivity index (χ3v) is 4.75. The van der Waals surface area contributed by atoms with Crippen LogP contribution in [0.1, 0.15) is 12.8 Å². The van der Waals surface area contributed by atoms with Gasteiger partial charge in [-0.05, 0) is 0 Å². The largest absolute Gasteiger partial charge is 0.459 e. The maximum atomic E-state index is 14.3. The van der Waals surface area contributed by atoms with Crippen LogP contribution in [0.15, 0.2) is 38.0 Å². The molecule has 0 saturated heterocycles. The first-order valence-electron chi connectivity index (χ1n) is 10.2. The first-order chi connectivity index (χ1) is 17.9. The van der Waals surface area contributed by atoms with E-state index < -0.39 is 91.7 Å². The zero-order valence-corrected chi connectivity index (χ0v) is 19.8. The highest BCUT2D eigenvalue weighted by Crippen LogP contribution is 2.61. The molecule has 2 atom stereocenters. The lowest BCUT2D eigenvalue weighted by Gasteiger charge is -2.42. The number of aliphatic hydroxyl groups excluding tert-OH is 1. The summed E-state index contributed by atoms with van der Waals surface area (Å²) in [7, 11) is 0. The van der Waals surface area contributed by atoms with E-state index in [0.717, 1.165) is 0 Å². The molecule has 0 fully saturated rings. The molecule has 0 saturated carbocycles. The normalized spacial score (nSPS) is 14.9. The van der Waals surface area contributed by atoms with Crippen molar-refractivity contribution in [1.82, 2.24) is 0 Å². The number of hydrogen-bond donors (Lipinski definition) is 1. The molecule has 7 nitrogen and oxygen atoms in total. The number of ether oxygens (including phenoxy) is 3. The van der Waals surface area contributed by atoms with E-state index >= 15 is 0 Å². The average Bonchev–Trinajstić information content (AvgIpc) is 2.85. The fourth-order valence-electron chi connectivity index (χ4n) is 2.62. The van der Waals surface area contributed by atoms with Crippen molar-refractivity contribution in [3.05, 3.63) is 38.0 Å². The number of alkyl halides is 12. The molecule has 0 aliphatic rings. The number of esters is 3. The van der Waals surface area contributed by atoms with Gasteiger partial charge in [-0.15, -0.1) is 0 Å². The molecular formula is C21H20F12O7. The number of hydrogen-bond acceptors (Lipinski definition) is 7. The summed E-state index contributed by atoms with van der Waals surface area (Å²) in [5.41, 5.74) is 0. The summed E-state index contributed by atoms with van der Waals surface area (Å²) < 4.78 is 182. The Labute approximate surface area is 217 Å². The average molecular weight is 612 g/mol. The number of carbonyl (C=O) groups is 3. The standard InChI is InChI=1S/C21H20F12O7/c1-4-13(35)38-10-12(40-15(37)6-3)8-17(24,25)19(28,29)21(32,33)20(30,31)18(26,27)16(22,23)7-11(9-34)39-14(36)5-2/h4-6,11-12,34H,1-3,7-10H2. The predicted molar refractivity (Wildman–Crippen MR) is 107 cm³/mol. The predicted octanol–water partition coefficient (Wildman–Crippen LogP) is 4.50. The molecule has 0 aromatic carbocycles. The fourth-order valence-corrected chi connectivity index (χ4v) is 2.62. The van der Waals surface area contributed by atoms with Crippen LogP contribution >= 0.6 is 0 Å². The van der Waals surface area contributed by atoms with Crippen LogP contribution in [0.5, 0.6) is 0 Å². The molecule has 1 N–H and O–H groups in total. The van der Waals surface area contributed by atoms with Crippen molar-refractivity contribution in [2.24, 2.45) is 0 Å². The summed E-state index contributed by atoms with van der Waals surface area (Å²) in [6.07, 6.45) is -10.5. The van der Waals surface area contributed by atoms with E-state index in [1.165, 1.54) is 0 Å². The Morgan fingerprint density at radius 1 is 0.600 bits per heavy atom. The van der Waals surface area contributed by atoms with Crippen LogP contribution in [0.4, 0.5) is 52.7 Å². The Hall–Kier alpha value is -3.25. The summed E-state index contributed by atoms with van der Waals surface area (Å²) in [6, 6.07) is 0. The topological polar surface area (TPSA) is 99.1 Å². The molecule has 230 valence electrons. The van der Waals surface area contributed by atoms with Gasteiger partial charge in [0.1, 0.15) is 18.8 Å². The van der Waals surface area contributed by atoms with Gasteiger partial charge >= 0.3 is 53.4 Å². The molecule has 0 aliphatic carbocycles. The van der Waals surface area contributed by atoms with Gasteiger partial charge in [-0.25, -0.2) is 14.4 Å². The number of carbonyl (C=O) groups excluding carboxylic acids is 3. The van der Waals surface area contributed by atoms with E-state index in [9.17, 15) is 67.1 Å². The third kappa shape index (κ3) is 7.48. The Bertz CT molecular complexity index is 966. The summed E-state index contributed by atoms with van der Waals surface area (Å²) in [6.45, 7) is 5.00. The van der Waals surface area contributed by atoms with Crippen LogP contribution < -0.4 is 0 Å². The Morgan fingerprint density at radius 2 is 0.925 bits per heavy atom. The second-order valence-electron chi connectivity index (χ2n) is 7.66. The van der Waals surface area contributed by atoms with E-state index in [1.54, 1.807) is 0 Å². The van der Waals surface area contributed by atoms with E-state index in [2.05, 4.69) is 33.9 Å². The smallest absolute Gasteiger partial charge is 0.384 e. The third-order valence-electron chi connectivity index (χ3n) is 4.75. The highest BCUT2D eigenvalue weighted by atomic mass is 19.4. The van der Waals surface area contributed by atoms with E-state index in [-0.39, 0.29) is 12.2 Å². The molecule has 0 aromatic rings. The van der Waals surface area contributed by atoms with Crippen LogP contribution in [-0.2, 0) is 28.6 Å². The molecule has 0 spiro atoms. The lowest BCUT2D eigenvalue weighted by atomic mass is 9.88. The van der Waals surface area contributed by atoms with Crippen LogP contribution in [-0.4, -0.2) is 84.0 Å². The molecule has 0 amide bonds. The molecule has 19 heteroatoms. The molecule has 0 aliphatic heterocycles. The van der Waals surface area contributed by atoms with Gasteiger partial charge in [-0.1, -0.05) is 19.7 Å². The van der Waals surface area contributed by atoms with Gasteiger partial charge in [-0.3, -0.25) is 0 Å². The number of rotatable bonds is 17. The van der Waals surface area contributed by atoms with Crippen molar-refractivity contribution >= 4 is 17.9 Å². The van der Waals surface area contributed by atoms with Crippen LogP contribution in [0.25, 0.3) is 0 Å². The minimum absolute atomic E-state index is 0.218. The fraction of sp³-hybridized carbons (Fsp3) is 0.571.